The van der Waals surface area contributed by atoms with Crippen molar-refractivity contribution in [2.24, 2.45) is 0 Å². The van der Waals surface area contributed by atoms with Crippen LogP contribution in [-0.4, -0.2) is 39.1 Å². The summed E-state index contributed by atoms with van der Waals surface area (Å²) >= 11 is 4.12. The first-order chi connectivity index (χ1) is 12.1. The van der Waals surface area contributed by atoms with Gasteiger partial charge in [0.25, 0.3) is 0 Å². The van der Waals surface area contributed by atoms with E-state index in [4.69, 9.17) is 4.74 Å². The average Bonchev–Trinajstić information content (AvgIpc) is 3.22. The summed E-state index contributed by atoms with van der Waals surface area (Å²) in [7, 11) is 0. The number of thiophene rings is 1. The zero-order chi connectivity index (χ0) is 17.8. The molecule has 3 aromatic rings. The number of thiazole rings is 1. The van der Waals surface area contributed by atoms with Gasteiger partial charge in [-0.2, -0.15) is 0 Å². The van der Waals surface area contributed by atoms with Gasteiger partial charge in [-0.3, -0.25) is 9.59 Å². The fraction of sp³-hybridized carbons (Fsp3) is 0.312. The van der Waals surface area contributed by atoms with Crippen LogP contribution in [0.1, 0.15) is 23.5 Å². The zero-order valence-electron chi connectivity index (χ0n) is 13.6. The molecule has 0 aliphatic heterocycles. The van der Waals surface area contributed by atoms with Gasteiger partial charge in [-0.15, -0.1) is 22.7 Å². The van der Waals surface area contributed by atoms with E-state index in [1.54, 1.807) is 6.92 Å². The molecule has 0 N–H and O–H groups in total. The molecule has 6 nitrogen and oxygen atoms in total. The molecule has 0 aliphatic rings. The van der Waals surface area contributed by atoms with Gasteiger partial charge in [-0.1, -0.05) is 11.8 Å². The van der Waals surface area contributed by atoms with Crippen LogP contribution in [0.5, 0.6) is 0 Å². The topological polar surface area (TPSA) is 82.0 Å². The van der Waals surface area contributed by atoms with Crippen molar-refractivity contribution in [3.05, 3.63) is 33.9 Å². The first-order valence-corrected chi connectivity index (χ1v) is 10.3. The normalized spacial score (nSPS) is 12.2. The predicted molar refractivity (Wildman–Crippen MR) is 99.4 cm³/mol. The number of nitrogens with zero attached hydrogens (tertiary/aromatic N) is 3. The summed E-state index contributed by atoms with van der Waals surface area (Å²) < 4.78 is 5.07. The van der Waals surface area contributed by atoms with E-state index in [9.17, 15) is 9.59 Å². The molecule has 0 spiro atoms. The number of hydrogen-bond acceptors (Lipinski definition) is 9. The second kappa shape index (κ2) is 8.03. The first-order valence-electron chi connectivity index (χ1n) is 7.52. The van der Waals surface area contributed by atoms with Gasteiger partial charge in [-0.05, 0) is 25.3 Å². The summed E-state index contributed by atoms with van der Waals surface area (Å²) in [5.41, 5.74) is 0.783. The van der Waals surface area contributed by atoms with Crippen molar-refractivity contribution in [2.45, 2.75) is 24.8 Å². The van der Waals surface area contributed by atoms with E-state index in [1.165, 1.54) is 40.8 Å². The Hall–Kier alpha value is -1.84. The van der Waals surface area contributed by atoms with Crippen molar-refractivity contribution >= 4 is 56.4 Å². The van der Waals surface area contributed by atoms with Crippen molar-refractivity contribution in [3.63, 3.8) is 0 Å². The van der Waals surface area contributed by atoms with Gasteiger partial charge in [0.2, 0.25) is 0 Å². The molecule has 130 valence electrons. The van der Waals surface area contributed by atoms with Crippen molar-refractivity contribution in [1.82, 2.24) is 15.0 Å². The maximum Gasteiger partial charge on any atom is 0.323 e. The summed E-state index contributed by atoms with van der Waals surface area (Å²) in [5, 5.41) is 5.89. The SMILES string of the molecule is CCOC(=O)C(C(=O)CSc1ncnc2sccc12)c1nc(C)cs1. The van der Waals surface area contributed by atoms with E-state index in [0.29, 0.717) is 5.01 Å². The third-order valence-corrected chi connectivity index (χ3v) is 6.18. The summed E-state index contributed by atoms with van der Waals surface area (Å²) in [6, 6.07) is 1.93. The van der Waals surface area contributed by atoms with E-state index in [0.717, 1.165) is 20.9 Å². The molecule has 0 saturated carbocycles. The Bertz CT molecular complexity index is 906. The number of fused-ring (bicyclic) bond motifs is 1. The third-order valence-electron chi connectivity index (χ3n) is 3.30. The van der Waals surface area contributed by atoms with E-state index in [-0.39, 0.29) is 18.1 Å². The molecule has 25 heavy (non-hydrogen) atoms. The Labute approximate surface area is 156 Å². The lowest BCUT2D eigenvalue weighted by Gasteiger charge is -2.12. The molecule has 1 atom stereocenters. The summed E-state index contributed by atoms with van der Waals surface area (Å²) in [6.45, 7) is 3.77. The second-order valence-electron chi connectivity index (χ2n) is 5.09. The standard InChI is InChI=1S/C16H15N3O3S3/c1-3-22-16(21)12(15-19-9(2)6-24-15)11(20)7-25-14-10-4-5-23-13(10)17-8-18-14/h4-6,8,12H,3,7H2,1-2H3. The molecule has 9 heteroatoms. The number of Topliss-reactive ketones (excluding diaryl/α,β-unsaturated/α-hetero) is 1. The summed E-state index contributed by atoms with van der Waals surface area (Å²) in [5.74, 6) is -1.65. The van der Waals surface area contributed by atoms with Crippen LogP contribution < -0.4 is 0 Å². The fourth-order valence-corrected chi connectivity index (χ4v) is 4.79. The molecule has 0 saturated heterocycles. The molecular formula is C16H15N3O3S3. The zero-order valence-corrected chi connectivity index (χ0v) is 16.0. The number of rotatable bonds is 7. The molecule has 0 bridgehead atoms. The Morgan fingerprint density at radius 3 is 2.88 bits per heavy atom. The molecule has 0 radical (unpaired) electrons. The van der Waals surface area contributed by atoms with Gasteiger partial charge in [0.05, 0.1) is 12.4 Å². The van der Waals surface area contributed by atoms with Gasteiger partial charge in [0.1, 0.15) is 21.2 Å². The highest BCUT2D eigenvalue weighted by atomic mass is 32.2. The van der Waals surface area contributed by atoms with E-state index < -0.39 is 11.9 Å². The summed E-state index contributed by atoms with van der Waals surface area (Å²) in [4.78, 5) is 38.6. The maximum absolute atomic E-state index is 12.7. The molecule has 0 aromatic carbocycles. The average molecular weight is 394 g/mol. The highest BCUT2D eigenvalue weighted by Gasteiger charge is 2.32. The van der Waals surface area contributed by atoms with Crippen LogP contribution >= 0.6 is 34.4 Å². The molecule has 0 fully saturated rings. The molecule has 0 amide bonds. The van der Waals surface area contributed by atoms with Crippen LogP contribution in [0.25, 0.3) is 10.2 Å². The highest BCUT2D eigenvalue weighted by molar-refractivity contribution is 8.00. The number of carbonyl (C=O) groups excluding carboxylic acids is 2. The Balaban J connectivity index is 1.78. The Kier molecular flexibility index (Phi) is 5.77. The smallest absolute Gasteiger partial charge is 0.323 e. The number of ketones is 1. The van der Waals surface area contributed by atoms with E-state index in [2.05, 4.69) is 15.0 Å². The number of aromatic nitrogens is 3. The largest absolute Gasteiger partial charge is 0.465 e. The number of hydrogen-bond donors (Lipinski definition) is 0. The third kappa shape index (κ3) is 4.05. The quantitative estimate of drug-likeness (QED) is 0.263. The number of thioether (sulfide) groups is 1. The number of ether oxygens (including phenoxy) is 1. The number of carbonyl (C=O) groups is 2. The van der Waals surface area contributed by atoms with Gasteiger partial charge in [0, 0.05) is 16.5 Å². The Morgan fingerprint density at radius 1 is 1.32 bits per heavy atom. The molecule has 3 aromatic heterocycles. The van der Waals surface area contributed by atoms with Crippen LogP contribution in [0.15, 0.2) is 28.2 Å². The van der Waals surface area contributed by atoms with Crippen LogP contribution in [0, 0.1) is 6.92 Å². The van der Waals surface area contributed by atoms with E-state index >= 15 is 0 Å². The van der Waals surface area contributed by atoms with Gasteiger partial charge in [0.15, 0.2) is 11.7 Å². The lowest BCUT2D eigenvalue weighted by Crippen LogP contribution is -2.25. The lowest BCUT2D eigenvalue weighted by atomic mass is 10.1. The van der Waals surface area contributed by atoms with E-state index in [1.807, 2.05) is 23.8 Å². The number of aryl methyl sites for hydroxylation is 1. The second-order valence-corrected chi connectivity index (χ2v) is 7.83. The molecule has 3 rings (SSSR count). The van der Waals surface area contributed by atoms with Crippen LogP contribution in [0.2, 0.25) is 0 Å². The van der Waals surface area contributed by atoms with Crippen LogP contribution in [0.3, 0.4) is 0 Å². The Morgan fingerprint density at radius 2 is 2.16 bits per heavy atom. The minimum absolute atomic E-state index is 0.115. The fourth-order valence-electron chi connectivity index (χ4n) is 2.21. The summed E-state index contributed by atoms with van der Waals surface area (Å²) in [6.07, 6.45) is 1.48. The van der Waals surface area contributed by atoms with Crippen molar-refractivity contribution in [1.29, 1.82) is 0 Å². The maximum atomic E-state index is 12.7. The lowest BCUT2D eigenvalue weighted by molar-refractivity contribution is -0.147. The van der Waals surface area contributed by atoms with Crippen LogP contribution in [-0.2, 0) is 14.3 Å². The molecular weight excluding hydrogens is 378 g/mol. The monoisotopic (exact) mass is 393 g/mol. The predicted octanol–water partition coefficient (Wildman–Crippen LogP) is 3.46. The minimum Gasteiger partial charge on any atom is -0.465 e. The van der Waals surface area contributed by atoms with Crippen molar-refractivity contribution < 1.29 is 14.3 Å². The minimum atomic E-state index is -0.981. The molecule has 0 aliphatic carbocycles. The molecule has 3 heterocycles. The first kappa shape index (κ1) is 18.0. The molecule has 1 unspecified atom stereocenters. The van der Waals surface area contributed by atoms with Gasteiger partial charge in [-0.25, -0.2) is 15.0 Å². The number of esters is 1. The van der Waals surface area contributed by atoms with Gasteiger partial charge >= 0.3 is 5.97 Å². The highest BCUT2D eigenvalue weighted by Crippen LogP contribution is 2.30. The van der Waals surface area contributed by atoms with Gasteiger partial charge < -0.3 is 4.74 Å². The van der Waals surface area contributed by atoms with Crippen LogP contribution in [0.4, 0.5) is 0 Å². The van der Waals surface area contributed by atoms with Crippen molar-refractivity contribution in [3.8, 4) is 0 Å². The van der Waals surface area contributed by atoms with Crippen molar-refractivity contribution in [2.75, 3.05) is 12.4 Å².